The molecule has 1 unspecified atom stereocenters. The highest BCUT2D eigenvalue weighted by atomic mass is 16.5. The van der Waals surface area contributed by atoms with Gasteiger partial charge in [-0.25, -0.2) is 0 Å². The largest absolute Gasteiger partial charge is 0.481 e. The van der Waals surface area contributed by atoms with Gasteiger partial charge in [0.05, 0.1) is 17.2 Å². The lowest BCUT2D eigenvalue weighted by molar-refractivity contribution is -0.139. The van der Waals surface area contributed by atoms with Gasteiger partial charge in [0, 0.05) is 13.6 Å². The van der Waals surface area contributed by atoms with Gasteiger partial charge in [-0.2, -0.15) is 5.26 Å². The molecule has 5 heteroatoms. The van der Waals surface area contributed by atoms with Crippen LogP contribution in [-0.4, -0.2) is 41.2 Å². The molecule has 1 fully saturated rings. The van der Waals surface area contributed by atoms with Crippen LogP contribution in [0.3, 0.4) is 0 Å². The molecule has 1 aliphatic rings. The Labute approximate surface area is 131 Å². The normalized spacial score (nSPS) is 17.5. The molecule has 0 aromatic heterocycles. The Bertz CT molecular complexity index is 574. The number of nitrogens with zero attached hydrogens (tertiary/aromatic N) is 2. The summed E-state index contributed by atoms with van der Waals surface area (Å²) in [5.41, 5.74) is -0.268. The van der Waals surface area contributed by atoms with Crippen molar-refractivity contribution < 1.29 is 14.6 Å². The molecule has 0 saturated heterocycles. The predicted molar refractivity (Wildman–Crippen MR) is 82.3 cm³/mol. The van der Waals surface area contributed by atoms with Crippen molar-refractivity contribution in [1.29, 1.82) is 5.26 Å². The van der Waals surface area contributed by atoms with E-state index in [4.69, 9.17) is 10.00 Å². The monoisotopic (exact) mass is 302 g/mol. The van der Waals surface area contributed by atoms with Crippen molar-refractivity contribution in [1.82, 2.24) is 4.90 Å². The third-order valence-corrected chi connectivity index (χ3v) is 4.07. The summed E-state index contributed by atoms with van der Waals surface area (Å²) in [6.45, 7) is 2.01. The van der Waals surface area contributed by atoms with Crippen LogP contribution in [0.2, 0.25) is 0 Å². The van der Waals surface area contributed by atoms with Gasteiger partial charge in [0.2, 0.25) is 0 Å². The first-order chi connectivity index (χ1) is 10.4. The summed E-state index contributed by atoms with van der Waals surface area (Å²) in [4.78, 5) is 13.9. The van der Waals surface area contributed by atoms with E-state index < -0.39 is 11.7 Å². The summed E-state index contributed by atoms with van der Waals surface area (Å²) in [5.74, 6) is 0.315. The molecule has 0 radical (unpaired) electrons. The van der Waals surface area contributed by atoms with Crippen LogP contribution in [0.5, 0.6) is 5.75 Å². The number of carbonyl (C=O) groups excluding carboxylic acids is 1. The molecule has 0 bridgehead atoms. The first-order valence-electron chi connectivity index (χ1n) is 7.58. The molecule has 1 amide bonds. The molecule has 118 valence electrons. The van der Waals surface area contributed by atoms with Gasteiger partial charge >= 0.3 is 0 Å². The third-order valence-electron chi connectivity index (χ3n) is 4.07. The first kappa shape index (κ1) is 16.3. The minimum Gasteiger partial charge on any atom is -0.481 e. The third kappa shape index (κ3) is 3.99. The Hall–Kier alpha value is -2.06. The fraction of sp³-hybridized carbons (Fsp3) is 0.529. The molecule has 1 aromatic carbocycles. The van der Waals surface area contributed by atoms with E-state index in [2.05, 4.69) is 0 Å². The molecule has 22 heavy (non-hydrogen) atoms. The Morgan fingerprint density at radius 1 is 1.50 bits per heavy atom. The number of hydrogen-bond acceptors (Lipinski definition) is 4. The predicted octanol–water partition coefficient (Wildman–Crippen LogP) is 2.09. The molecule has 1 aliphatic carbocycles. The number of amides is 1. The van der Waals surface area contributed by atoms with Crippen molar-refractivity contribution in [2.45, 2.75) is 44.3 Å². The quantitative estimate of drug-likeness (QED) is 0.904. The van der Waals surface area contributed by atoms with Gasteiger partial charge in [0.1, 0.15) is 5.75 Å². The van der Waals surface area contributed by atoms with Crippen LogP contribution in [0.4, 0.5) is 0 Å². The van der Waals surface area contributed by atoms with Crippen LogP contribution in [0, 0.1) is 11.3 Å². The average molecular weight is 302 g/mol. The van der Waals surface area contributed by atoms with Crippen molar-refractivity contribution in [2.75, 3.05) is 13.6 Å². The molecule has 0 heterocycles. The van der Waals surface area contributed by atoms with Gasteiger partial charge in [0.25, 0.3) is 5.91 Å². The molecule has 2 rings (SSSR count). The molecule has 1 N–H and O–H groups in total. The minimum atomic E-state index is -0.759. The number of hydrogen-bond donors (Lipinski definition) is 1. The van der Waals surface area contributed by atoms with Crippen LogP contribution in [-0.2, 0) is 4.79 Å². The second-order valence-corrected chi connectivity index (χ2v) is 6.03. The fourth-order valence-electron chi connectivity index (χ4n) is 2.91. The Kier molecular flexibility index (Phi) is 5.04. The Morgan fingerprint density at radius 2 is 2.18 bits per heavy atom. The van der Waals surface area contributed by atoms with Crippen molar-refractivity contribution in [2.24, 2.45) is 0 Å². The van der Waals surface area contributed by atoms with Crippen molar-refractivity contribution >= 4 is 5.91 Å². The van der Waals surface area contributed by atoms with Crippen LogP contribution >= 0.6 is 0 Å². The van der Waals surface area contributed by atoms with Crippen LogP contribution in [0.1, 0.15) is 38.2 Å². The zero-order valence-electron chi connectivity index (χ0n) is 13.1. The lowest BCUT2D eigenvalue weighted by atomic mass is 10.0. The maximum atomic E-state index is 12.4. The number of ether oxygens (including phenoxy) is 1. The van der Waals surface area contributed by atoms with E-state index in [0.29, 0.717) is 17.9 Å². The van der Waals surface area contributed by atoms with Gasteiger partial charge in [-0.3, -0.25) is 4.79 Å². The molecule has 1 atom stereocenters. The van der Waals surface area contributed by atoms with E-state index in [9.17, 15) is 9.90 Å². The maximum absolute atomic E-state index is 12.4. The topological polar surface area (TPSA) is 73.6 Å². The van der Waals surface area contributed by atoms with E-state index in [1.807, 2.05) is 6.07 Å². The fourth-order valence-corrected chi connectivity index (χ4v) is 2.91. The van der Waals surface area contributed by atoms with Gasteiger partial charge < -0.3 is 14.7 Å². The summed E-state index contributed by atoms with van der Waals surface area (Å²) in [6, 6.07) is 8.76. The van der Waals surface area contributed by atoms with Gasteiger partial charge in [-0.15, -0.1) is 0 Å². The summed E-state index contributed by atoms with van der Waals surface area (Å²) in [6.07, 6.45) is 2.83. The van der Waals surface area contributed by atoms with Gasteiger partial charge in [0.15, 0.2) is 6.10 Å². The first-order valence-corrected chi connectivity index (χ1v) is 7.58. The molecule has 1 saturated carbocycles. The van der Waals surface area contributed by atoms with Gasteiger partial charge in [-0.05, 0) is 38.0 Å². The van der Waals surface area contributed by atoms with Crippen molar-refractivity contribution in [3.05, 3.63) is 29.8 Å². The average Bonchev–Trinajstić information content (AvgIpc) is 2.92. The van der Waals surface area contributed by atoms with E-state index in [1.54, 1.807) is 38.2 Å². The van der Waals surface area contributed by atoms with Crippen molar-refractivity contribution in [3.63, 3.8) is 0 Å². The highest BCUT2D eigenvalue weighted by Gasteiger charge is 2.34. The number of likely N-dealkylation sites (N-methyl/N-ethyl adjacent to an activating group) is 1. The lowest BCUT2D eigenvalue weighted by Crippen LogP contribution is -2.46. The Balaban J connectivity index is 1.94. The second-order valence-electron chi connectivity index (χ2n) is 6.03. The number of aliphatic hydroxyl groups is 1. The Morgan fingerprint density at radius 3 is 2.82 bits per heavy atom. The molecular formula is C17H22N2O3. The lowest BCUT2D eigenvalue weighted by Gasteiger charge is -2.30. The smallest absolute Gasteiger partial charge is 0.263 e. The zero-order chi connectivity index (χ0) is 16.2. The van der Waals surface area contributed by atoms with Crippen molar-refractivity contribution in [3.8, 4) is 11.8 Å². The molecule has 0 spiro atoms. The van der Waals surface area contributed by atoms with E-state index >= 15 is 0 Å². The molecule has 5 nitrogen and oxygen atoms in total. The summed E-state index contributed by atoms with van der Waals surface area (Å²) >= 11 is 0. The summed E-state index contributed by atoms with van der Waals surface area (Å²) in [5, 5.41) is 19.3. The van der Waals surface area contributed by atoms with Crippen LogP contribution in [0.25, 0.3) is 0 Å². The SMILES string of the molecule is CC(Oc1cccc(C#N)c1)C(=O)N(C)CC1(O)CCCC1. The zero-order valence-corrected chi connectivity index (χ0v) is 13.1. The summed E-state index contributed by atoms with van der Waals surface area (Å²) in [7, 11) is 1.68. The maximum Gasteiger partial charge on any atom is 0.263 e. The van der Waals surface area contributed by atoms with Crippen LogP contribution < -0.4 is 4.74 Å². The molecular weight excluding hydrogens is 280 g/mol. The van der Waals surface area contributed by atoms with E-state index in [1.165, 1.54) is 4.90 Å². The van der Waals surface area contributed by atoms with Crippen LogP contribution in [0.15, 0.2) is 24.3 Å². The summed E-state index contributed by atoms with van der Waals surface area (Å²) < 4.78 is 5.61. The number of benzene rings is 1. The molecule has 0 aliphatic heterocycles. The number of carbonyl (C=O) groups is 1. The van der Waals surface area contributed by atoms with E-state index in [0.717, 1.165) is 25.7 Å². The highest BCUT2D eigenvalue weighted by molar-refractivity contribution is 5.80. The molecule has 1 aromatic rings. The van der Waals surface area contributed by atoms with Gasteiger partial charge in [-0.1, -0.05) is 18.9 Å². The van der Waals surface area contributed by atoms with E-state index in [-0.39, 0.29) is 5.91 Å². The highest BCUT2D eigenvalue weighted by Crippen LogP contribution is 2.30. The number of nitriles is 1. The second kappa shape index (κ2) is 6.80. The standard InChI is InChI=1S/C17H22N2O3/c1-13(22-15-7-5-6-14(10-15)11-18)16(20)19(2)12-17(21)8-3-4-9-17/h5-7,10,13,21H,3-4,8-9,12H2,1-2H3. The minimum absolute atomic E-state index is 0.178. The number of rotatable bonds is 5.